The van der Waals surface area contributed by atoms with Crippen LogP contribution in [0.15, 0.2) is 17.3 Å². The number of alkyl halides is 2. The lowest BCUT2D eigenvalue weighted by molar-refractivity contribution is -0.145. The maximum atomic E-state index is 14.7. The lowest BCUT2D eigenvalue weighted by Gasteiger charge is -2.32. The Bertz CT molecular complexity index is 814. The minimum Gasteiger partial charge on any atom is -0.481 e. The average Bonchev–Trinajstić information content (AvgIpc) is 2.99. The second kappa shape index (κ2) is 20.3. The number of amides is 1. The fourth-order valence-electron chi connectivity index (χ4n) is 5.19. The molecule has 0 radical (unpaired) electrons. The summed E-state index contributed by atoms with van der Waals surface area (Å²) in [5.74, 6) is -0.793. The molecule has 0 bridgehead atoms. The highest BCUT2D eigenvalue weighted by molar-refractivity contribution is 7.41. The molecule has 10 nitrogen and oxygen atoms in total. The first-order valence-electron chi connectivity index (χ1n) is 15.2. The molecule has 3 saturated carbocycles. The zero-order valence-electron chi connectivity index (χ0n) is 25.1. The van der Waals surface area contributed by atoms with Crippen molar-refractivity contribution in [2.24, 2.45) is 16.6 Å². The van der Waals surface area contributed by atoms with E-state index in [0.29, 0.717) is 4.90 Å². The van der Waals surface area contributed by atoms with Crippen LogP contribution < -0.4 is 5.73 Å². The number of carboxylic acid groups (broad SMARTS) is 1. The van der Waals surface area contributed by atoms with Gasteiger partial charge in [-0.3, -0.25) is 9.59 Å². The maximum Gasteiger partial charge on any atom is 0.333 e. The second-order valence-electron chi connectivity index (χ2n) is 11.2. The SMILES string of the molecule is COC(COP(OC1CCCCC1)OC1CCCCC1)CC(F)(F)N(C)/C=C\C(N)=NC=O.O=C(O)C1CCCCC1. The van der Waals surface area contributed by atoms with E-state index in [9.17, 15) is 18.4 Å². The second-order valence-corrected chi connectivity index (χ2v) is 12.4. The lowest BCUT2D eigenvalue weighted by Crippen LogP contribution is -2.39. The standard InChI is InChI=1S/C22H38F2N3O5P.C7H12O2/c1-27(14-13-21(25)26-17-28)22(23,24)15-20(29-2)16-30-33(31-18-9-5-3-6-10-18)32-19-11-7-4-8-12-19;8-7(9)6-4-2-1-3-5-6/h13-14,17-20H,3-12,15-16H2,1-2H3,(H2,25,26,28);6H,1-5H2,(H,8,9)/b14-13-;. The molecule has 3 fully saturated rings. The number of ether oxygens (including phenoxy) is 1. The topological polar surface area (TPSA) is 133 Å². The highest BCUT2D eigenvalue weighted by Crippen LogP contribution is 2.47. The van der Waals surface area contributed by atoms with Crippen molar-refractivity contribution in [3.05, 3.63) is 12.3 Å². The molecule has 3 aliphatic rings. The highest BCUT2D eigenvalue weighted by Gasteiger charge is 2.37. The summed E-state index contributed by atoms with van der Waals surface area (Å²) in [6.07, 6.45) is 17.1. The number of carboxylic acids is 1. The van der Waals surface area contributed by atoms with E-state index in [2.05, 4.69) is 4.99 Å². The first kappa shape index (κ1) is 36.5. The largest absolute Gasteiger partial charge is 0.481 e. The molecule has 0 aliphatic heterocycles. The van der Waals surface area contributed by atoms with Gasteiger partial charge in [0.25, 0.3) is 0 Å². The number of methoxy groups -OCH3 is 1. The number of rotatable bonds is 15. The number of amidine groups is 1. The molecule has 13 heteroatoms. The Labute approximate surface area is 250 Å². The lowest BCUT2D eigenvalue weighted by atomic mass is 9.90. The number of halogens is 2. The molecule has 0 aromatic rings. The van der Waals surface area contributed by atoms with Gasteiger partial charge in [-0.1, -0.05) is 57.8 Å². The van der Waals surface area contributed by atoms with E-state index >= 15 is 0 Å². The molecular weight excluding hydrogens is 571 g/mol. The third kappa shape index (κ3) is 14.6. The monoisotopic (exact) mass is 621 g/mol. The van der Waals surface area contributed by atoms with Crippen LogP contribution in [0.4, 0.5) is 8.78 Å². The fourth-order valence-corrected chi connectivity index (χ4v) is 6.56. The Hall–Kier alpha value is -1.72. The number of nitrogens with two attached hydrogens (primary N) is 1. The zero-order chi connectivity index (χ0) is 30.8. The van der Waals surface area contributed by atoms with Gasteiger partial charge in [0.05, 0.1) is 37.3 Å². The van der Waals surface area contributed by atoms with Gasteiger partial charge in [0.15, 0.2) is 0 Å². The predicted molar refractivity (Wildman–Crippen MR) is 158 cm³/mol. The average molecular weight is 622 g/mol. The van der Waals surface area contributed by atoms with Crippen molar-refractivity contribution in [3.8, 4) is 0 Å². The molecule has 0 aromatic heterocycles. The molecule has 1 unspecified atom stereocenters. The minimum atomic E-state index is -3.24. The van der Waals surface area contributed by atoms with Crippen LogP contribution in [0.1, 0.15) is 103 Å². The summed E-state index contributed by atoms with van der Waals surface area (Å²) < 4.78 is 52.9. The number of carbonyl (C=O) groups is 2. The first-order chi connectivity index (χ1) is 20.1. The molecule has 0 spiro atoms. The molecule has 3 aliphatic carbocycles. The van der Waals surface area contributed by atoms with E-state index in [1.807, 2.05) is 0 Å². The Morgan fingerprint density at radius 1 is 1.00 bits per heavy atom. The Balaban J connectivity index is 0.000000581. The summed E-state index contributed by atoms with van der Waals surface area (Å²) in [5, 5.41) is 8.54. The van der Waals surface area contributed by atoms with Crippen LogP contribution in [0.25, 0.3) is 0 Å². The number of aliphatic carboxylic acids is 1. The van der Waals surface area contributed by atoms with Crippen LogP contribution in [-0.4, -0.2) is 73.3 Å². The van der Waals surface area contributed by atoms with E-state index in [1.165, 1.54) is 33.4 Å². The molecule has 0 saturated heterocycles. The molecule has 42 heavy (non-hydrogen) atoms. The Morgan fingerprint density at radius 3 is 1.93 bits per heavy atom. The van der Waals surface area contributed by atoms with Crippen LogP contribution in [0.5, 0.6) is 0 Å². The van der Waals surface area contributed by atoms with Crippen molar-refractivity contribution in [1.82, 2.24) is 4.90 Å². The Morgan fingerprint density at radius 2 is 1.50 bits per heavy atom. The van der Waals surface area contributed by atoms with Crippen molar-refractivity contribution in [2.45, 2.75) is 127 Å². The van der Waals surface area contributed by atoms with Gasteiger partial charge < -0.3 is 34.0 Å². The van der Waals surface area contributed by atoms with Gasteiger partial charge in [0, 0.05) is 20.4 Å². The van der Waals surface area contributed by atoms with Gasteiger partial charge in [-0.15, -0.1) is 0 Å². The molecule has 3 rings (SSSR count). The van der Waals surface area contributed by atoms with Crippen molar-refractivity contribution >= 4 is 26.8 Å². The smallest absolute Gasteiger partial charge is 0.333 e. The Kier molecular flexibility index (Phi) is 17.6. The third-order valence-electron chi connectivity index (χ3n) is 7.89. The molecule has 1 amide bonds. The zero-order valence-corrected chi connectivity index (χ0v) is 26.0. The van der Waals surface area contributed by atoms with Crippen molar-refractivity contribution < 1.29 is 41.8 Å². The summed E-state index contributed by atoms with van der Waals surface area (Å²) >= 11 is 0. The van der Waals surface area contributed by atoms with Crippen molar-refractivity contribution in [2.75, 3.05) is 20.8 Å². The molecular formula is C29H50F2N3O7P. The van der Waals surface area contributed by atoms with Crippen LogP contribution in [0, 0.1) is 5.92 Å². The third-order valence-corrected chi connectivity index (χ3v) is 9.19. The van der Waals surface area contributed by atoms with E-state index in [-0.39, 0.29) is 37.0 Å². The van der Waals surface area contributed by atoms with E-state index in [1.54, 1.807) is 0 Å². The van der Waals surface area contributed by atoms with Gasteiger partial charge >= 0.3 is 20.6 Å². The van der Waals surface area contributed by atoms with E-state index in [4.69, 9.17) is 29.1 Å². The van der Waals surface area contributed by atoms with Gasteiger partial charge in [0.2, 0.25) is 6.41 Å². The van der Waals surface area contributed by atoms with Crippen LogP contribution in [0.3, 0.4) is 0 Å². The normalized spacial score (nSPS) is 20.7. The molecule has 0 heterocycles. The molecule has 3 N–H and O–H groups in total. The quantitative estimate of drug-likeness (QED) is 0.0688. The molecule has 1 atom stereocenters. The minimum absolute atomic E-state index is 0.0289. The predicted octanol–water partition coefficient (Wildman–Crippen LogP) is 6.54. The van der Waals surface area contributed by atoms with E-state index < -0.39 is 33.1 Å². The van der Waals surface area contributed by atoms with Crippen LogP contribution in [0.2, 0.25) is 0 Å². The number of carbonyl (C=O) groups excluding carboxylic acids is 1. The summed E-state index contributed by atoms with van der Waals surface area (Å²) in [7, 11) is 0.949. The summed E-state index contributed by atoms with van der Waals surface area (Å²) in [4.78, 5) is 24.6. The number of hydrogen-bond donors (Lipinski definition) is 2. The van der Waals surface area contributed by atoms with Crippen LogP contribution >= 0.6 is 8.60 Å². The summed E-state index contributed by atoms with van der Waals surface area (Å²) in [6.45, 7) is -0.0659. The fraction of sp³-hybridized carbons (Fsp3) is 0.828. The summed E-state index contributed by atoms with van der Waals surface area (Å²) in [5.41, 5.74) is 5.43. The van der Waals surface area contributed by atoms with Gasteiger partial charge in [-0.05, 0) is 44.6 Å². The van der Waals surface area contributed by atoms with E-state index in [0.717, 1.165) is 89.3 Å². The van der Waals surface area contributed by atoms with Gasteiger partial charge in [0.1, 0.15) is 5.84 Å². The molecule has 0 aromatic carbocycles. The van der Waals surface area contributed by atoms with Crippen LogP contribution in [-0.2, 0) is 27.9 Å². The van der Waals surface area contributed by atoms with Gasteiger partial charge in [-0.2, -0.15) is 13.8 Å². The first-order valence-corrected chi connectivity index (χ1v) is 16.3. The van der Waals surface area contributed by atoms with Crippen molar-refractivity contribution in [3.63, 3.8) is 0 Å². The maximum absolute atomic E-state index is 14.7. The van der Waals surface area contributed by atoms with Gasteiger partial charge in [-0.25, -0.2) is 0 Å². The highest BCUT2D eigenvalue weighted by atomic mass is 31.2. The summed E-state index contributed by atoms with van der Waals surface area (Å²) in [6, 6.07) is -3.24. The molecule has 242 valence electrons. The number of hydrogen-bond acceptors (Lipinski definition) is 7. The number of nitrogens with zero attached hydrogens (tertiary/aromatic N) is 2. The number of aliphatic imine (C=N–C) groups is 1. The van der Waals surface area contributed by atoms with Crippen molar-refractivity contribution in [1.29, 1.82) is 0 Å².